The molecule has 0 bridgehead atoms. The zero-order valence-electron chi connectivity index (χ0n) is 10.6. The van der Waals surface area contributed by atoms with Gasteiger partial charge in [0.05, 0.1) is 6.54 Å². The summed E-state index contributed by atoms with van der Waals surface area (Å²) < 4.78 is 0. The maximum atomic E-state index is 11.9. The first-order chi connectivity index (χ1) is 9.22. The van der Waals surface area contributed by atoms with Gasteiger partial charge in [0.15, 0.2) is 0 Å². The predicted octanol–water partition coefficient (Wildman–Crippen LogP) is 3.37. The summed E-state index contributed by atoms with van der Waals surface area (Å²) in [6.07, 6.45) is 2.84. The molecule has 0 aliphatic rings. The molecule has 0 fully saturated rings. The molecule has 0 saturated heterocycles. The first-order valence-electron chi connectivity index (χ1n) is 6.09. The molecule has 0 saturated carbocycles. The second kappa shape index (κ2) is 6.68. The predicted molar refractivity (Wildman–Crippen MR) is 78.7 cm³/mol. The van der Waals surface area contributed by atoms with Crippen LogP contribution in [0.1, 0.15) is 32.7 Å². The summed E-state index contributed by atoms with van der Waals surface area (Å²) in [5, 5.41) is 3.80. The Morgan fingerprint density at radius 1 is 1.37 bits per heavy atom. The quantitative estimate of drug-likeness (QED) is 0.859. The number of hydrogen-bond acceptors (Lipinski definition) is 3. The van der Waals surface area contributed by atoms with Crippen molar-refractivity contribution in [2.45, 2.75) is 25.8 Å². The minimum atomic E-state index is -0.0885. The number of benzene rings is 1. The van der Waals surface area contributed by atoms with Crippen molar-refractivity contribution in [3.05, 3.63) is 51.5 Å². The van der Waals surface area contributed by atoms with Crippen LogP contribution >= 0.6 is 22.9 Å². The van der Waals surface area contributed by atoms with Crippen molar-refractivity contribution >= 4 is 28.8 Å². The Balaban J connectivity index is 1.93. The van der Waals surface area contributed by atoms with Gasteiger partial charge in [-0.15, -0.1) is 22.9 Å². The smallest absolute Gasteiger partial charge is 0.251 e. The van der Waals surface area contributed by atoms with Crippen molar-refractivity contribution in [2.75, 3.05) is 0 Å². The lowest BCUT2D eigenvalue weighted by atomic mass is 10.1. The molecule has 19 heavy (non-hydrogen) atoms. The molecule has 0 unspecified atom stereocenters. The highest BCUT2D eigenvalue weighted by molar-refractivity contribution is 7.11. The zero-order valence-corrected chi connectivity index (χ0v) is 12.2. The Bertz CT molecular complexity index is 551. The van der Waals surface area contributed by atoms with E-state index in [2.05, 4.69) is 17.2 Å². The van der Waals surface area contributed by atoms with E-state index in [1.165, 1.54) is 4.88 Å². The van der Waals surface area contributed by atoms with Gasteiger partial charge in [0.2, 0.25) is 0 Å². The van der Waals surface area contributed by atoms with Crippen molar-refractivity contribution < 1.29 is 4.79 Å². The lowest BCUT2D eigenvalue weighted by Crippen LogP contribution is -2.22. The van der Waals surface area contributed by atoms with Gasteiger partial charge in [0.25, 0.3) is 5.91 Å². The molecule has 0 aliphatic heterocycles. The molecule has 2 rings (SSSR count). The summed E-state index contributed by atoms with van der Waals surface area (Å²) in [4.78, 5) is 17.4. The standard InChI is InChI=1S/C14H15ClN2OS/c1-2-12-8-16-13(19-12)9-17-14(18)11-5-3-10(7-15)4-6-11/h3-6,8H,2,7,9H2,1H3,(H,17,18). The molecule has 0 aliphatic carbocycles. The molecule has 0 atom stereocenters. The number of carbonyl (C=O) groups is 1. The molecule has 1 aromatic carbocycles. The number of halogens is 1. The van der Waals surface area contributed by atoms with Crippen LogP contribution in [0, 0.1) is 0 Å². The summed E-state index contributed by atoms with van der Waals surface area (Å²) in [6.45, 7) is 2.56. The van der Waals surface area contributed by atoms with Gasteiger partial charge in [0.1, 0.15) is 5.01 Å². The molecular weight excluding hydrogens is 280 g/mol. The topological polar surface area (TPSA) is 42.0 Å². The molecular formula is C14H15ClN2OS. The SMILES string of the molecule is CCc1cnc(CNC(=O)c2ccc(CCl)cc2)s1. The second-order valence-corrected chi connectivity index (χ2v) is 5.55. The molecule has 1 heterocycles. The minimum absolute atomic E-state index is 0.0885. The number of rotatable bonds is 5. The maximum absolute atomic E-state index is 11.9. The number of carbonyl (C=O) groups excluding carboxylic acids is 1. The first kappa shape index (κ1) is 14.0. The Hall–Kier alpha value is -1.39. The Kier molecular flexibility index (Phi) is 4.93. The number of aryl methyl sites for hydroxylation is 1. The van der Waals surface area contributed by atoms with Crippen LogP contribution in [0.4, 0.5) is 0 Å². The van der Waals surface area contributed by atoms with Crippen LogP contribution in [0.25, 0.3) is 0 Å². The Labute approximate surface area is 121 Å². The summed E-state index contributed by atoms with van der Waals surface area (Å²) in [5.41, 5.74) is 1.65. The van der Waals surface area contributed by atoms with E-state index in [1.54, 1.807) is 23.5 Å². The fourth-order valence-corrected chi connectivity index (χ4v) is 2.58. The van der Waals surface area contributed by atoms with E-state index < -0.39 is 0 Å². The van der Waals surface area contributed by atoms with Gasteiger partial charge in [-0.2, -0.15) is 0 Å². The molecule has 1 N–H and O–H groups in total. The van der Waals surface area contributed by atoms with Crippen LogP contribution in [0.5, 0.6) is 0 Å². The van der Waals surface area contributed by atoms with Gasteiger partial charge in [-0.3, -0.25) is 4.79 Å². The van der Waals surface area contributed by atoms with Crippen LogP contribution in [0.3, 0.4) is 0 Å². The fourth-order valence-electron chi connectivity index (χ4n) is 1.60. The molecule has 5 heteroatoms. The molecule has 2 aromatic rings. The lowest BCUT2D eigenvalue weighted by Gasteiger charge is -2.03. The van der Waals surface area contributed by atoms with Crippen LogP contribution in [0.2, 0.25) is 0 Å². The number of thiazole rings is 1. The number of nitrogens with zero attached hydrogens (tertiary/aromatic N) is 1. The van der Waals surface area contributed by atoms with Crippen molar-refractivity contribution in [3.63, 3.8) is 0 Å². The minimum Gasteiger partial charge on any atom is -0.346 e. The maximum Gasteiger partial charge on any atom is 0.251 e. The highest BCUT2D eigenvalue weighted by atomic mass is 35.5. The van der Waals surface area contributed by atoms with E-state index in [0.29, 0.717) is 18.0 Å². The fraction of sp³-hybridized carbons (Fsp3) is 0.286. The van der Waals surface area contributed by atoms with Crippen LogP contribution in [-0.2, 0) is 18.8 Å². The van der Waals surface area contributed by atoms with Crippen LogP contribution in [0.15, 0.2) is 30.5 Å². The second-order valence-electron chi connectivity index (χ2n) is 4.09. The van der Waals surface area contributed by atoms with Crippen molar-refractivity contribution in [1.82, 2.24) is 10.3 Å². The van der Waals surface area contributed by atoms with Crippen molar-refractivity contribution in [1.29, 1.82) is 0 Å². The molecule has 3 nitrogen and oxygen atoms in total. The average Bonchev–Trinajstić information content (AvgIpc) is 2.93. The van der Waals surface area contributed by atoms with E-state index in [1.807, 2.05) is 18.3 Å². The number of nitrogens with one attached hydrogen (secondary N) is 1. The van der Waals surface area contributed by atoms with E-state index in [4.69, 9.17) is 11.6 Å². The van der Waals surface area contributed by atoms with Gasteiger partial charge in [-0.05, 0) is 24.1 Å². The van der Waals surface area contributed by atoms with Gasteiger partial charge >= 0.3 is 0 Å². The van der Waals surface area contributed by atoms with Gasteiger partial charge in [-0.1, -0.05) is 19.1 Å². The van der Waals surface area contributed by atoms with E-state index in [9.17, 15) is 4.79 Å². The van der Waals surface area contributed by atoms with Crippen LogP contribution < -0.4 is 5.32 Å². The molecule has 0 spiro atoms. The van der Waals surface area contributed by atoms with Gasteiger partial charge in [-0.25, -0.2) is 4.98 Å². The highest BCUT2D eigenvalue weighted by Gasteiger charge is 2.06. The summed E-state index contributed by atoms with van der Waals surface area (Å²) in [5.74, 6) is 0.371. The van der Waals surface area contributed by atoms with E-state index in [0.717, 1.165) is 17.0 Å². The van der Waals surface area contributed by atoms with Crippen LogP contribution in [-0.4, -0.2) is 10.9 Å². The number of alkyl halides is 1. The largest absolute Gasteiger partial charge is 0.346 e. The molecule has 0 radical (unpaired) electrons. The third-order valence-electron chi connectivity index (χ3n) is 2.72. The summed E-state index contributed by atoms with van der Waals surface area (Å²) >= 11 is 7.34. The van der Waals surface area contributed by atoms with E-state index >= 15 is 0 Å². The van der Waals surface area contributed by atoms with E-state index in [-0.39, 0.29) is 5.91 Å². The zero-order chi connectivity index (χ0) is 13.7. The highest BCUT2D eigenvalue weighted by Crippen LogP contribution is 2.13. The Morgan fingerprint density at radius 3 is 2.68 bits per heavy atom. The summed E-state index contributed by atoms with van der Waals surface area (Å²) in [7, 11) is 0. The normalized spacial score (nSPS) is 10.4. The average molecular weight is 295 g/mol. The molecule has 1 amide bonds. The summed E-state index contributed by atoms with van der Waals surface area (Å²) in [6, 6.07) is 7.29. The van der Waals surface area contributed by atoms with Gasteiger partial charge < -0.3 is 5.32 Å². The van der Waals surface area contributed by atoms with Crippen molar-refractivity contribution in [2.24, 2.45) is 0 Å². The Morgan fingerprint density at radius 2 is 2.11 bits per heavy atom. The first-order valence-corrected chi connectivity index (χ1v) is 7.44. The third kappa shape index (κ3) is 3.78. The number of hydrogen-bond donors (Lipinski definition) is 1. The monoisotopic (exact) mass is 294 g/mol. The number of amides is 1. The number of aromatic nitrogens is 1. The lowest BCUT2D eigenvalue weighted by molar-refractivity contribution is 0.0951. The van der Waals surface area contributed by atoms with Gasteiger partial charge in [0, 0.05) is 22.5 Å². The van der Waals surface area contributed by atoms with Crippen molar-refractivity contribution in [3.8, 4) is 0 Å². The molecule has 1 aromatic heterocycles. The third-order valence-corrected chi connectivity index (χ3v) is 4.17. The molecule has 100 valence electrons.